The summed E-state index contributed by atoms with van der Waals surface area (Å²) in [6.07, 6.45) is 7.19. The SMILES string of the molecule is CN(Cc1ccccc1CNC(=O)CC1COCCN1)C1CCCCC1. The van der Waals surface area contributed by atoms with Crippen molar-refractivity contribution in [3.63, 3.8) is 0 Å². The molecule has 1 aromatic carbocycles. The molecule has 144 valence electrons. The number of carbonyl (C=O) groups is 1. The molecule has 0 radical (unpaired) electrons. The Morgan fingerprint density at radius 3 is 2.73 bits per heavy atom. The van der Waals surface area contributed by atoms with Crippen LogP contribution in [0, 0.1) is 0 Å². The number of hydrogen-bond donors (Lipinski definition) is 2. The topological polar surface area (TPSA) is 53.6 Å². The minimum atomic E-state index is 0.0865. The molecule has 2 N–H and O–H groups in total. The standard InChI is InChI=1S/C21H33N3O2/c1-24(20-9-3-2-4-10-20)15-18-8-6-5-7-17(18)14-23-21(25)13-19-16-26-12-11-22-19/h5-8,19-20,22H,2-4,9-16H2,1H3,(H,23,25). The van der Waals surface area contributed by atoms with Crippen LogP contribution < -0.4 is 10.6 Å². The van der Waals surface area contributed by atoms with E-state index in [4.69, 9.17) is 4.74 Å². The highest BCUT2D eigenvalue weighted by Gasteiger charge is 2.19. The molecule has 1 atom stereocenters. The third-order valence-electron chi connectivity index (χ3n) is 5.64. The molecule has 5 heteroatoms. The van der Waals surface area contributed by atoms with Crippen molar-refractivity contribution in [2.75, 3.05) is 26.8 Å². The van der Waals surface area contributed by atoms with Crippen molar-refractivity contribution in [1.29, 1.82) is 0 Å². The highest BCUT2D eigenvalue weighted by molar-refractivity contribution is 5.76. The summed E-state index contributed by atoms with van der Waals surface area (Å²) in [5.41, 5.74) is 2.54. The molecule has 26 heavy (non-hydrogen) atoms. The summed E-state index contributed by atoms with van der Waals surface area (Å²) >= 11 is 0. The normalized spacial score (nSPS) is 21.7. The van der Waals surface area contributed by atoms with Crippen LogP contribution >= 0.6 is 0 Å². The van der Waals surface area contributed by atoms with Gasteiger partial charge in [0.1, 0.15) is 0 Å². The van der Waals surface area contributed by atoms with Crippen LogP contribution in [0.2, 0.25) is 0 Å². The largest absolute Gasteiger partial charge is 0.378 e. The maximum absolute atomic E-state index is 12.2. The molecule has 0 bridgehead atoms. The Bertz CT molecular complexity index is 566. The Morgan fingerprint density at radius 1 is 1.23 bits per heavy atom. The quantitative estimate of drug-likeness (QED) is 0.785. The summed E-state index contributed by atoms with van der Waals surface area (Å²) in [5, 5.41) is 6.42. The van der Waals surface area contributed by atoms with E-state index in [0.29, 0.717) is 25.6 Å². The fourth-order valence-electron chi connectivity index (χ4n) is 4.04. The van der Waals surface area contributed by atoms with Gasteiger partial charge >= 0.3 is 0 Å². The molecule has 1 aliphatic carbocycles. The molecule has 1 saturated carbocycles. The lowest BCUT2D eigenvalue weighted by Gasteiger charge is -2.31. The Morgan fingerprint density at radius 2 is 2.00 bits per heavy atom. The zero-order chi connectivity index (χ0) is 18.2. The highest BCUT2D eigenvalue weighted by atomic mass is 16.5. The van der Waals surface area contributed by atoms with Crippen LogP contribution in [0.4, 0.5) is 0 Å². The second-order valence-electron chi connectivity index (χ2n) is 7.68. The van der Waals surface area contributed by atoms with Gasteiger partial charge in [-0.1, -0.05) is 43.5 Å². The summed E-state index contributed by atoms with van der Waals surface area (Å²) in [4.78, 5) is 14.7. The number of ether oxygens (including phenoxy) is 1. The van der Waals surface area contributed by atoms with Crippen molar-refractivity contribution in [1.82, 2.24) is 15.5 Å². The van der Waals surface area contributed by atoms with Crippen molar-refractivity contribution < 1.29 is 9.53 Å². The fraction of sp³-hybridized carbons (Fsp3) is 0.667. The van der Waals surface area contributed by atoms with Crippen molar-refractivity contribution in [3.05, 3.63) is 35.4 Å². The van der Waals surface area contributed by atoms with E-state index in [-0.39, 0.29) is 11.9 Å². The monoisotopic (exact) mass is 359 g/mol. The van der Waals surface area contributed by atoms with Gasteiger partial charge in [-0.15, -0.1) is 0 Å². The molecule has 1 aliphatic heterocycles. The van der Waals surface area contributed by atoms with Gasteiger partial charge in [-0.25, -0.2) is 0 Å². The Balaban J connectivity index is 1.50. The summed E-state index contributed by atoms with van der Waals surface area (Å²) in [7, 11) is 2.24. The van der Waals surface area contributed by atoms with Crippen LogP contribution in [0.3, 0.4) is 0 Å². The summed E-state index contributed by atoms with van der Waals surface area (Å²) in [6.45, 7) is 3.74. The molecule has 1 unspecified atom stereocenters. The molecule has 1 saturated heterocycles. The third kappa shape index (κ3) is 5.79. The van der Waals surface area contributed by atoms with E-state index in [2.05, 4.69) is 46.8 Å². The number of nitrogens with zero attached hydrogens (tertiary/aromatic N) is 1. The van der Waals surface area contributed by atoms with E-state index in [9.17, 15) is 4.79 Å². The number of rotatable bonds is 7. The van der Waals surface area contributed by atoms with Gasteiger partial charge in [0.2, 0.25) is 5.91 Å². The zero-order valence-corrected chi connectivity index (χ0v) is 16.0. The Kier molecular flexibility index (Phi) is 7.47. The van der Waals surface area contributed by atoms with Crippen molar-refractivity contribution in [2.24, 2.45) is 0 Å². The second-order valence-corrected chi connectivity index (χ2v) is 7.68. The van der Waals surface area contributed by atoms with Crippen molar-refractivity contribution >= 4 is 5.91 Å². The summed E-state index contributed by atoms with van der Waals surface area (Å²) < 4.78 is 5.42. The van der Waals surface area contributed by atoms with E-state index >= 15 is 0 Å². The molecule has 0 spiro atoms. The minimum Gasteiger partial charge on any atom is -0.378 e. The minimum absolute atomic E-state index is 0.0865. The van der Waals surface area contributed by atoms with Gasteiger partial charge in [0.15, 0.2) is 0 Å². The van der Waals surface area contributed by atoms with Crippen LogP contribution in [-0.4, -0.2) is 49.7 Å². The van der Waals surface area contributed by atoms with Crippen LogP contribution in [0.15, 0.2) is 24.3 Å². The number of benzene rings is 1. The maximum atomic E-state index is 12.2. The third-order valence-corrected chi connectivity index (χ3v) is 5.64. The summed E-state index contributed by atoms with van der Waals surface area (Å²) in [6, 6.07) is 9.31. The predicted octanol–water partition coefficient (Wildman–Crippen LogP) is 2.45. The lowest BCUT2D eigenvalue weighted by molar-refractivity contribution is -0.122. The van der Waals surface area contributed by atoms with E-state index in [1.54, 1.807) is 0 Å². The van der Waals surface area contributed by atoms with E-state index < -0.39 is 0 Å². The van der Waals surface area contributed by atoms with Crippen LogP contribution in [-0.2, 0) is 22.6 Å². The molecule has 3 rings (SSSR count). The van der Waals surface area contributed by atoms with Gasteiger partial charge in [0, 0.05) is 38.1 Å². The second kappa shape index (κ2) is 10.0. The van der Waals surface area contributed by atoms with Gasteiger partial charge in [0.25, 0.3) is 0 Å². The maximum Gasteiger partial charge on any atom is 0.221 e. The average Bonchev–Trinajstić information content (AvgIpc) is 2.69. The van der Waals surface area contributed by atoms with Crippen molar-refractivity contribution in [3.8, 4) is 0 Å². The van der Waals surface area contributed by atoms with Gasteiger partial charge in [0.05, 0.1) is 13.2 Å². The van der Waals surface area contributed by atoms with E-state index in [1.165, 1.54) is 43.2 Å². The van der Waals surface area contributed by atoms with Gasteiger partial charge in [-0.2, -0.15) is 0 Å². The molecule has 0 aromatic heterocycles. The molecule has 2 aliphatic rings. The van der Waals surface area contributed by atoms with Crippen molar-refractivity contribution in [2.45, 2.75) is 63.7 Å². The number of morpholine rings is 1. The first-order valence-corrected chi connectivity index (χ1v) is 10.1. The van der Waals surface area contributed by atoms with E-state index in [1.807, 2.05) is 0 Å². The molecule has 5 nitrogen and oxygen atoms in total. The molecular weight excluding hydrogens is 326 g/mol. The Labute approximate surface area is 157 Å². The zero-order valence-electron chi connectivity index (χ0n) is 16.0. The number of amides is 1. The van der Waals surface area contributed by atoms with Gasteiger partial charge < -0.3 is 15.4 Å². The molecule has 1 heterocycles. The smallest absolute Gasteiger partial charge is 0.221 e. The van der Waals surface area contributed by atoms with E-state index in [0.717, 1.165) is 19.7 Å². The Hall–Kier alpha value is -1.43. The lowest BCUT2D eigenvalue weighted by atomic mass is 9.94. The fourth-order valence-corrected chi connectivity index (χ4v) is 4.04. The molecule has 1 amide bonds. The number of carbonyl (C=O) groups excluding carboxylic acids is 1. The first-order chi connectivity index (χ1) is 12.7. The first-order valence-electron chi connectivity index (χ1n) is 10.1. The number of hydrogen-bond acceptors (Lipinski definition) is 4. The average molecular weight is 360 g/mol. The van der Waals surface area contributed by atoms with Crippen LogP contribution in [0.25, 0.3) is 0 Å². The van der Waals surface area contributed by atoms with Crippen LogP contribution in [0.5, 0.6) is 0 Å². The lowest BCUT2D eigenvalue weighted by Crippen LogP contribution is -2.44. The number of nitrogens with one attached hydrogen (secondary N) is 2. The first kappa shape index (κ1) is 19.3. The van der Waals surface area contributed by atoms with Gasteiger partial charge in [-0.05, 0) is 31.0 Å². The highest BCUT2D eigenvalue weighted by Crippen LogP contribution is 2.23. The summed E-state index contributed by atoms with van der Waals surface area (Å²) in [5.74, 6) is 0.0865. The molecule has 1 aromatic rings. The van der Waals surface area contributed by atoms with Gasteiger partial charge in [-0.3, -0.25) is 9.69 Å². The molecular formula is C21H33N3O2. The molecule has 2 fully saturated rings. The predicted molar refractivity (Wildman–Crippen MR) is 104 cm³/mol. The van der Waals surface area contributed by atoms with Crippen LogP contribution in [0.1, 0.15) is 49.7 Å².